The molecule has 1 fully saturated rings. The van der Waals surface area contributed by atoms with Gasteiger partial charge < -0.3 is 10.2 Å². The summed E-state index contributed by atoms with van der Waals surface area (Å²) in [7, 11) is 0. The van der Waals surface area contributed by atoms with Crippen LogP contribution < -0.4 is 10.2 Å². The van der Waals surface area contributed by atoms with E-state index in [0.29, 0.717) is 36.6 Å². The lowest BCUT2D eigenvalue weighted by Gasteiger charge is -2.48. The molecule has 0 spiro atoms. The molecule has 2 heterocycles. The maximum Gasteiger partial charge on any atom is 0.257 e. The third-order valence-corrected chi connectivity index (χ3v) is 6.13. The minimum absolute atomic E-state index is 0.0284. The first-order chi connectivity index (χ1) is 13.7. The van der Waals surface area contributed by atoms with Crippen molar-refractivity contribution in [3.8, 4) is 0 Å². The van der Waals surface area contributed by atoms with Crippen LogP contribution in [-0.4, -0.2) is 40.9 Å². The molecular formula is C23H33N3O3. The Morgan fingerprint density at radius 3 is 2.62 bits per heavy atom. The molecule has 2 aliphatic heterocycles. The largest absolute Gasteiger partial charge is 0.354 e. The average molecular weight is 400 g/mol. The van der Waals surface area contributed by atoms with Gasteiger partial charge in [-0.05, 0) is 44.7 Å². The van der Waals surface area contributed by atoms with E-state index >= 15 is 0 Å². The lowest BCUT2D eigenvalue weighted by Crippen LogP contribution is -2.62. The number of nitrogens with zero attached hydrogens (tertiary/aromatic N) is 2. The molecule has 2 atom stereocenters. The highest BCUT2D eigenvalue weighted by Gasteiger charge is 2.52. The van der Waals surface area contributed by atoms with Crippen LogP contribution in [0.4, 0.5) is 5.69 Å². The summed E-state index contributed by atoms with van der Waals surface area (Å²) in [6.07, 6.45) is 4.44. The molecule has 1 aromatic carbocycles. The van der Waals surface area contributed by atoms with Crippen molar-refractivity contribution in [3.63, 3.8) is 0 Å². The zero-order chi connectivity index (χ0) is 21.2. The van der Waals surface area contributed by atoms with Gasteiger partial charge >= 0.3 is 0 Å². The van der Waals surface area contributed by atoms with Gasteiger partial charge in [0.15, 0.2) is 0 Å². The summed E-state index contributed by atoms with van der Waals surface area (Å²) in [5, 5.41) is 3.05. The molecule has 158 valence electrons. The predicted octanol–water partition coefficient (Wildman–Crippen LogP) is 3.71. The smallest absolute Gasteiger partial charge is 0.257 e. The third-order valence-electron chi connectivity index (χ3n) is 6.13. The molecule has 1 N–H and O–H groups in total. The molecule has 3 amide bonds. The molecule has 3 rings (SSSR count). The first-order valence-corrected chi connectivity index (χ1v) is 10.8. The van der Waals surface area contributed by atoms with E-state index in [0.717, 1.165) is 19.3 Å². The van der Waals surface area contributed by atoms with Crippen molar-refractivity contribution in [1.82, 2.24) is 10.2 Å². The highest BCUT2D eigenvalue weighted by Crippen LogP contribution is 2.43. The quantitative estimate of drug-likeness (QED) is 0.724. The number of rotatable bonds is 8. The fourth-order valence-electron chi connectivity index (χ4n) is 4.51. The summed E-state index contributed by atoms with van der Waals surface area (Å²) in [5.41, 5.74) is 0.510. The number of carbonyl (C=O) groups is 3. The summed E-state index contributed by atoms with van der Waals surface area (Å²) in [5.74, 6) is 0.546. The molecular weight excluding hydrogens is 366 g/mol. The van der Waals surface area contributed by atoms with Gasteiger partial charge in [-0.25, -0.2) is 0 Å². The first kappa shape index (κ1) is 21.3. The number of amides is 3. The van der Waals surface area contributed by atoms with E-state index in [1.165, 1.54) is 0 Å². The Kier molecular flexibility index (Phi) is 6.30. The second-order valence-electron chi connectivity index (χ2n) is 8.96. The maximum atomic E-state index is 13.2. The van der Waals surface area contributed by atoms with Gasteiger partial charge in [0.05, 0.1) is 11.3 Å². The molecule has 0 radical (unpaired) electrons. The van der Waals surface area contributed by atoms with Crippen LogP contribution in [0.5, 0.6) is 0 Å². The second kappa shape index (κ2) is 8.56. The molecule has 6 heteroatoms. The number of para-hydroxylation sites is 1. The summed E-state index contributed by atoms with van der Waals surface area (Å²) >= 11 is 0. The van der Waals surface area contributed by atoms with Gasteiger partial charge in [-0.15, -0.1) is 0 Å². The van der Waals surface area contributed by atoms with E-state index in [2.05, 4.69) is 19.2 Å². The SMILES string of the molecule is CC(C)CCC[C@@H](C)NC(=O)CCN1C(=O)c2ccccc2N2C(=O)CC[C@@]12C. The Morgan fingerprint density at radius 2 is 1.90 bits per heavy atom. The Morgan fingerprint density at radius 1 is 1.17 bits per heavy atom. The molecule has 0 aromatic heterocycles. The number of fused-ring (bicyclic) bond motifs is 3. The highest BCUT2D eigenvalue weighted by atomic mass is 16.2. The lowest BCUT2D eigenvalue weighted by atomic mass is 9.98. The van der Waals surface area contributed by atoms with Crippen molar-refractivity contribution in [2.45, 2.75) is 77.9 Å². The number of hydrogen-bond donors (Lipinski definition) is 1. The van der Waals surface area contributed by atoms with Crippen molar-refractivity contribution in [2.24, 2.45) is 5.92 Å². The van der Waals surface area contributed by atoms with E-state index in [-0.39, 0.29) is 30.2 Å². The zero-order valence-electron chi connectivity index (χ0n) is 18.0. The normalized spacial score (nSPS) is 22.0. The monoisotopic (exact) mass is 399 g/mol. The van der Waals surface area contributed by atoms with Gasteiger partial charge in [-0.2, -0.15) is 0 Å². The van der Waals surface area contributed by atoms with Gasteiger partial charge in [0.25, 0.3) is 5.91 Å². The van der Waals surface area contributed by atoms with E-state index in [1.54, 1.807) is 15.9 Å². The van der Waals surface area contributed by atoms with Crippen LogP contribution >= 0.6 is 0 Å². The standard InChI is InChI=1S/C23H33N3O3/c1-16(2)8-7-9-17(3)24-20(27)13-15-25-22(29)18-10-5-6-11-19(18)26-21(28)12-14-23(25,26)4/h5-6,10-11,16-17H,7-9,12-15H2,1-4H3,(H,24,27)/t17-,23+/m1/s1. The number of anilines is 1. The Bertz CT molecular complexity index is 791. The summed E-state index contributed by atoms with van der Waals surface area (Å²) in [4.78, 5) is 41.7. The van der Waals surface area contributed by atoms with E-state index in [1.807, 2.05) is 32.0 Å². The van der Waals surface area contributed by atoms with Crippen LogP contribution in [0.1, 0.15) is 76.6 Å². The van der Waals surface area contributed by atoms with Gasteiger partial charge in [0.1, 0.15) is 5.66 Å². The third kappa shape index (κ3) is 4.31. The fourth-order valence-corrected chi connectivity index (χ4v) is 4.51. The number of carbonyl (C=O) groups excluding carboxylic acids is 3. The van der Waals surface area contributed by atoms with E-state index < -0.39 is 5.66 Å². The number of benzene rings is 1. The Balaban J connectivity index is 1.65. The summed E-state index contributed by atoms with van der Waals surface area (Å²) in [6, 6.07) is 7.37. The van der Waals surface area contributed by atoms with Crippen molar-refractivity contribution < 1.29 is 14.4 Å². The molecule has 0 aliphatic carbocycles. The average Bonchev–Trinajstić information content (AvgIpc) is 2.96. The maximum absolute atomic E-state index is 13.2. The van der Waals surface area contributed by atoms with Gasteiger partial charge in [0.2, 0.25) is 11.8 Å². The van der Waals surface area contributed by atoms with Gasteiger partial charge in [-0.3, -0.25) is 19.3 Å². The Labute approximate surface area is 173 Å². The van der Waals surface area contributed by atoms with Crippen LogP contribution in [0.3, 0.4) is 0 Å². The summed E-state index contributed by atoms with van der Waals surface area (Å²) in [6.45, 7) is 8.67. The predicted molar refractivity (Wildman–Crippen MR) is 114 cm³/mol. The highest BCUT2D eigenvalue weighted by molar-refractivity contribution is 6.10. The molecule has 6 nitrogen and oxygen atoms in total. The first-order valence-electron chi connectivity index (χ1n) is 10.8. The molecule has 0 unspecified atom stereocenters. The molecule has 1 saturated heterocycles. The number of nitrogens with one attached hydrogen (secondary N) is 1. The molecule has 0 bridgehead atoms. The topological polar surface area (TPSA) is 69.7 Å². The van der Waals surface area contributed by atoms with Crippen LogP contribution in [0, 0.1) is 5.92 Å². The number of hydrogen-bond acceptors (Lipinski definition) is 3. The summed E-state index contributed by atoms with van der Waals surface area (Å²) < 4.78 is 0. The van der Waals surface area contributed by atoms with Crippen molar-refractivity contribution in [1.29, 1.82) is 0 Å². The molecule has 2 aliphatic rings. The van der Waals surface area contributed by atoms with Gasteiger partial charge in [0, 0.05) is 25.4 Å². The van der Waals surface area contributed by atoms with Crippen molar-refractivity contribution in [3.05, 3.63) is 29.8 Å². The fraction of sp³-hybridized carbons (Fsp3) is 0.609. The van der Waals surface area contributed by atoms with Crippen molar-refractivity contribution in [2.75, 3.05) is 11.4 Å². The second-order valence-corrected chi connectivity index (χ2v) is 8.96. The zero-order valence-corrected chi connectivity index (χ0v) is 18.0. The minimum atomic E-state index is -0.703. The lowest BCUT2D eigenvalue weighted by molar-refractivity contribution is -0.122. The molecule has 29 heavy (non-hydrogen) atoms. The van der Waals surface area contributed by atoms with E-state index in [9.17, 15) is 14.4 Å². The van der Waals surface area contributed by atoms with Crippen LogP contribution in [0.2, 0.25) is 0 Å². The van der Waals surface area contributed by atoms with Gasteiger partial charge in [-0.1, -0.05) is 38.8 Å². The van der Waals surface area contributed by atoms with Crippen LogP contribution in [-0.2, 0) is 9.59 Å². The van der Waals surface area contributed by atoms with Crippen LogP contribution in [0.25, 0.3) is 0 Å². The van der Waals surface area contributed by atoms with Crippen molar-refractivity contribution >= 4 is 23.4 Å². The molecule has 0 saturated carbocycles. The Hall–Kier alpha value is -2.37. The molecule has 1 aromatic rings. The van der Waals surface area contributed by atoms with Crippen LogP contribution in [0.15, 0.2) is 24.3 Å². The van der Waals surface area contributed by atoms with E-state index in [4.69, 9.17) is 0 Å². The minimum Gasteiger partial charge on any atom is -0.354 e.